The lowest BCUT2D eigenvalue weighted by Crippen LogP contribution is -1.98. The Morgan fingerprint density at radius 2 is 1.94 bits per heavy atom. The number of nitrogens with zero attached hydrogens (tertiary/aromatic N) is 2. The van der Waals surface area contributed by atoms with Crippen LogP contribution in [-0.2, 0) is 6.61 Å². The Morgan fingerprint density at radius 1 is 1.12 bits per heavy atom. The van der Waals surface area contributed by atoms with Crippen LogP contribution in [0.3, 0.4) is 0 Å². The molecule has 2 aromatic rings. The Labute approximate surface area is 94.8 Å². The zero-order valence-electron chi connectivity index (χ0n) is 9.44. The van der Waals surface area contributed by atoms with Gasteiger partial charge >= 0.3 is 0 Å². The molecule has 0 spiro atoms. The quantitative estimate of drug-likeness (QED) is 0.834. The van der Waals surface area contributed by atoms with Crippen LogP contribution in [0.2, 0.25) is 0 Å². The summed E-state index contributed by atoms with van der Waals surface area (Å²) >= 11 is 0. The molecule has 0 unspecified atom stereocenters. The predicted molar refractivity (Wildman–Crippen MR) is 62.9 cm³/mol. The Morgan fingerprint density at radius 3 is 2.62 bits per heavy atom. The van der Waals surface area contributed by atoms with E-state index in [1.54, 1.807) is 0 Å². The number of rotatable bonds is 2. The van der Waals surface area contributed by atoms with Crippen molar-refractivity contribution < 1.29 is 5.11 Å². The molecule has 0 saturated heterocycles. The summed E-state index contributed by atoms with van der Waals surface area (Å²) in [5.41, 5.74) is 3.98. The van der Waals surface area contributed by atoms with Gasteiger partial charge in [0.2, 0.25) is 0 Å². The van der Waals surface area contributed by atoms with E-state index in [0.717, 1.165) is 17.0 Å². The van der Waals surface area contributed by atoms with E-state index in [1.807, 2.05) is 38.1 Å². The van der Waals surface area contributed by atoms with Crippen LogP contribution in [0.5, 0.6) is 0 Å². The van der Waals surface area contributed by atoms with Gasteiger partial charge in [-0.2, -0.15) is 0 Å². The van der Waals surface area contributed by atoms with Crippen LogP contribution < -0.4 is 0 Å². The van der Waals surface area contributed by atoms with Gasteiger partial charge < -0.3 is 5.11 Å². The molecule has 0 aliphatic rings. The molecule has 1 aromatic carbocycles. The van der Waals surface area contributed by atoms with E-state index in [4.69, 9.17) is 5.11 Å². The number of aromatic nitrogens is 2. The summed E-state index contributed by atoms with van der Waals surface area (Å²) in [7, 11) is 0. The number of aliphatic hydroxyl groups is 1. The monoisotopic (exact) mass is 214 g/mol. The number of hydrogen-bond donors (Lipinski definition) is 1. The maximum atomic E-state index is 9.06. The largest absolute Gasteiger partial charge is 0.388 e. The van der Waals surface area contributed by atoms with Crippen LogP contribution in [-0.4, -0.2) is 15.1 Å². The normalized spacial score (nSPS) is 10.4. The van der Waals surface area contributed by atoms with Gasteiger partial charge in [-0.1, -0.05) is 23.8 Å². The Kier molecular flexibility index (Phi) is 2.97. The zero-order valence-corrected chi connectivity index (χ0v) is 9.44. The first-order chi connectivity index (χ1) is 7.69. The second-order valence-electron chi connectivity index (χ2n) is 3.84. The molecule has 3 nitrogen and oxygen atoms in total. The van der Waals surface area contributed by atoms with Crippen molar-refractivity contribution in [1.82, 2.24) is 9.97 Å². The molecule has 16 heavy (non-hydrogen) atoms. The second kappa shape index (κ2) is 4.41. The highest BCUT2D eigenvalue weighted by molar-refractivity contribution is 5.60. The molecule has 0 bridgehead atoms. The van der Waals surface area contributed by atoms with Crippen molar-refractivity contribution in [3.05, 3.63) is 47.4 Å². The Bertz CT molecular complexity index is 509. The summed E-state index contributed by atoms with van der Waals surface area (Å²) in [6.45, 7) is 3.82. The Balaban J connectivity index is 2.51. The molecule has 0 amide bonds. The lowest BCUT2D eigenvalue weighted by atomic mass is 10.1. The topological polar surface area (TPSA) is 46.0 Å². The van der Waals surface area contributed by atoms with Gasteiger partial charge in [0.1, 0.15) is 6.61 Å². The fourth-order valence-electron chi connectivity index (χ4n) is 1.65. The molecule has 2 rings (SSSR count). The number of hydrogen-bond acceptors (Lipinski definition) is 3. The van der Waals surface area contributed by atoms with Crippen LogP contribution in [0.15, 0.2) is 30.3 Å². The van der Waals surface area contributed by atoms with Crippen molar-refractivity contribution >= 4 is 0 Å². The van der Waals surface area contributed by atoms with Gasteiger partial charge in [-0.25, -0.2) is 9.97 Å². The number of benzene rings is 1. The summed E-state index contributed by atoms with van der Waals surface area (Å²) in [4.78, 5) is 8.44. The van der Waals surface area contributed by atoms with E-state index in [2.05, 4.69) is 16.0 Å². The fraction of sp³-hybridized carbons (Fsp3) is 0.231. The first kappa shape index (κ1) is 10.8. The maximum Gasteiger partial charge on any atom is 0.154 e. The molecule has 0 fully saturated rings. The first-order valence-electron chi connectivity index (χ1n) is 5.21. The highest BCUT2D eigenvalue weighted by Gasteiger charge is 2.03. The van der Waals surface area contributed by atoms with Gasteiger partial charge in [-0.05, 0) is 26.0 Å². The molecule has 0 aliphatic carbocycles. The van der Waals surface area contributed by atoms with E-state index in [9.17, 15) is 0 Å². The summed E-state index contributed by atoms with van der Waals surface area (Å²) in [5.74, 6) is 0.469. The minimum absolute atomic E-state index is 0.125. The van der Waals surface area contributed by atoms with Gasteiger partial charge in [-0.3, -0.25) is 0 Å². The average Bonchev–Trinajstić information content (AvgIpc) is 2.28. The number of aryl methyl sites for hydroxylation is 2. The van der Waals surface area contributed by atoms with Gasteiger partial charge in [0, 0.05) is 11.3 Å². The molecule has 0 radical (unpaired) electrons. The van der Waals surface area contributed by atoms with E-state index < -0.39 is 0 Å². The SMILES string of the molecule is Cc1cccc(-c2cc(C)nc(CO)n2)c1. The van der Waals surface area contributed by atoms with Crippen molar-refractivity contribution in [3.8, 4) is 11.3 Å². The van der Waals surface area contributed by atoms with Crippen molar-refractivity contribution in [3.63, 3.8) is 0 Å². The van der Waals surface area contributed by atoms with Crippen LogP contribution in [0.1, 0.15) is 17.1 Å². The molecular formula is C13H14N2O. The van der Waals surface area contributed by atoms with Crippen molar-refractivity contribution in [2.45, 2.75) is 20.5 Å². The summed E-state index contributed by atoms with van der Waals surface area (Å²) in [6, 6.07) is 10.1. The van der Waals surface area contributed by atoms with Gasteiger partial charge in [-0.15, -0.1) is 0 Å². The smallest absolute Gasteiger partial charge is 0.154 e. The van der Waals surface area contributed by atoms with Crippen LogP contribution in [0.25, 0.3) is 11.3 Å². The first-order valence-corrected chi connectivity index (χ1v) is 5.21. The van der Waals surface area contributed by atoms with Crippen LogP contribution in [0.4, 0.5) is 0 Å². The highest BCUT2D eigenvalue weighted by atomic mass is 16.3. The minimum Gasteiger partial charge on any atom is -0.388 e. The summed E-state index contributed by atoms with van der Waals surface area (Å²) < 4.78 is 0. The highest BCUT2D eigenvalue weighted by Crippen LogP contribution is 2.18. The van der Waals surface area contributed by atoms with Crippen molar-refractivity contribution in [2.75, 3.05) is 0 Å². The molecule has 0 aliphatic heterocycles. The molecule has 82 valence electrons. The average molecular weight is 214 g/mol. The zero-order chi connectivity index (χ0) is 11.5. The molecular weight excluding hydrogens is 200 g/mol. The van der Waals surface area contributed by atoms with Crippen molar-refractivity contribution in [2.24, 2.45) is 0 Å². The van der Waals surface area contributed by atoms with Crippen LogP contribution in [0, 0.1) is 13.8 Å². The van der Waals surface area contributed by atoms with E-state index in [-0.39, 0.29) is 6.61 Å². The van der Waals surface area contributed by atoms with Gasteiger partial charge in [0.05, 0.1) is 5.69 Å². The van der Waals surface area contributed by atoms with Gasteiger partial charge in [0.15, 0.2) is 5.82 Å². The predicted octanol–water partition coefficient (Wildman–Crippen LogP) is 2.25. The summed E-state index contributed by atoms with van der Waals surface area (Å²) in [5, 5.41) is 9.06. The molecule has 0 saturated carbocycles. The van der Waals surface area contributed by atoms with Crippen molar-refractivity contribution in [1.29, 1.82) is 0 Å². The lowest BCUT2D eigenvalue weighted by molar-refractivity contribution is 0.271. The molecule has 0 atom stereocenters. The van der Waals surface area contributed by atoms with Gasteiger partial charge in [0.25, 0.3) is 0 Å². The third-order valence-corrected chi connectivity index (χ3v) is 2.36. The maximum absolute atomic E-state index is 9.06. The minimum atomic E-state index is -0.125. The molecule has 1 N–H and O–H groups in total. The van der Waals surface area contributed by atoms with E-state index in [0.29, 0.717) is 5.82 Å². The lowest BCUT2D eigenvalue weighted by Gasteiger charge is -2.05. The summed E-state index contributed by atoms with van der Waals surface area (Å²) in [6.07, 6.45) is 0. The third-order valence-electron chi connectivity index (χ3n) is 2.36. The molecule has 1 aromatic heterocycles. The molecule has 3 heteroatoms. The van der Waals surface area contributed by atoms with Crippen LogP contribution >= 0.6 is 0 Å². The van der Waals surface area contributed by atoms with E-state index in [1.165, 1.54) is 5.56 Å². The third kappa shape index (κ3) is 2.25. The van der Waals surface area contributed by atoms with E-state index >= 15 is 0 Å². The number of aliphatic hydroxyl groups excluding tert-OH is 1. The standard InChI is InChI=1S/C13H14N2O/c1-9-4-3-5-11(6-9)12-7-10(2)14-13(8-16)15-12/h3-7,16H,8H2,1-2H3. The second-order valence-corrected chi connectivity index (χ2v) is 3.84. The Hall–Kier alpha value is -1.74. The fourth-order valence-corrected chi connectivity index (χ4v) is 1.65. The molecule has 1 heterocycles.